The highest BCUT2D eigenvalue weighted by Crippen LogP contribution is 2.37. The Kier molecular flexibility index (Phi) is 8.94. The summed E-state index contributed by atoms with van der Waals surface area (Å²) >= 11 is -0.203. The molecule has 2 fully saturated rings. The summed E-state index contributed by atoms with van der Waals surface area (Å²) in [4.78, 5) is 29.3. The number of ketones is 1. The minimum Gasteiger partial charge on any atom is -0.339 e. The van der Waals surface area contributed by atoms with Crippen LogP contribution in [0.25, 0.3) is 10.9 Å². The molecule has 12 heteroatoms. The molecule has 226 valence electrons. The van der Waals surface area contributed by atoms with Crippen LogP contribution in [0.2, 0.25) is 0 Å². The van der Waals surface area contributed by atoms with E-state index in [1.807, 2.05) is 23.9 Å². The van der Waals surface area contributed by atoms with Crippen molar-refractivity contribution in [1.82, 2.24) is 19.6 Å². The number of rotatable bonds is 9. The van der Waals surface area contributed by atoms with Crippen LogP contribution in [-0.4, -0.2) is 75.4 Å². The lowest BCUT2D eigenvalue weighted by molar-refractivity contribution is -0.0328. The Morgan fingerprint density at radius 2 is 1.76 bits per heavy atom. The second kappa shape index (κ2) is 12.3. The zero-order valence-corrected chi connectivity index (χ0v) is 24.1. The number of Topliss-reactive ketones (excluding diaryl/α,β-unsaturated/α-hetero) is 1. The SMILES string of the molecule is Cc1c(C(=O)CCCN2CCC(F)(F)C2)ccc2nn(CC3CCN(C(=O)c4ccc(SC(F)(F)F)cc4)CC3)cc12. The number of carbonyl (C=O) groups excluding carboxylic acids is 2. The summed E-state index contributed by atoms with van der Waals surface area (Å²) in [6.45, 7) is 4.29. The van der Waals surface area contributed by atoms with Gasteiger partial charge < -0.3 is 4.90 Å². The third kappa shape index (κ3) is 7.50. The lowest BCUT2D eigenvalue weighted by Crippen LogP contribution is -2.39. The molecular formula is C30H33F5N4O2S. The van der Waals surface area contributed by atoms with Crippen LogP contribution >= 0.6 is 11.8 Å². The van der Waals surface area contributed by atoms with Crippen molar-refractivity contribution in [3.8, 4) is 0 Å². The van der Waals surface area contributed by atoms with Crippen LogP contribution in [0.4, 0.5) is 22.0 Å². The zero-order valence-electron chi connectivity index (χ0n) is 23.3. The highest BCUT2D eigenvalue weighted by molar-refractivity contribution is 8.00. The van der Waals surface area contributed by atoms with Gasteiger partial charge in [-0.3, -0.25) is 19.2 Å². The average molecular weight is 609 g/mol. The molecule has 2 aliphatic rings. The molecule has 1 amide bonds. The molecule has 0 aliphatic carbocycles. The number of hydrogen-bond acceptors (Lipinski definition) is 5. The van der Waals surface area contributed by atoms with Gasteiger partial charge in [-0.25, -0.2) is 8.78 Å². The molecule has 3 aromatic rings. The molecule has 0 N–H and O–H groups in total. The molecule has 2 saturated heterocycles. The molecule has 0 unspecified atom stereocenters. The number of fused-ring (bicyclic) bond motifs is 1. The van der Waals surface area contributed by atoms with Gasteiger partial charge in [0.2, 0.25) is 0 Å². The summed E-state index contributed by atoms with van der Waals surface area (Å²) in [5.41, 5.74) is -1.71. The van der Waals surface area contributed by atoms with Gasteiger partial charge in [-0.1, -0.05) is 0 Å². The number of likely N-dealkylation sites (tertiary alicyclic amines) is 2. The number of nitrogens with zero attached hydrogens (tertiary/aromatic N) is 4. The van der Waals surface area contributed by atoms with Gasteiger partial charge in [-0.2, -0.15) is 18.3 Å². The Morgan fingerprint density at radius 1 is 1.05 bits per heavy atom. The number of aromatic nitrogens is 2. The maximum atomic E-state index is 13.4. The molecule has 42 heavy (non-hydrogen) atoms. The summed E-state index contributed by atoms with van der Waals surface area (Å²) in [6.07, 6.45) is 4.21. The smallest absolute Gasteiger partial charge is 0.339 e. The van der Waals surface area contributed by atoms with Crippen molar-refractivity contribution in [1.29, 1.82) is 0 Å². The molecule has 6 nitrogen and oxygen atoms in total. The number of hydrogen-bond donors (Lipinski definition) is 0. The largest absolute Gasteiger partial charge is 0.446 e. The van der Waals surface area contributed by atoms with Crippen LogP contribution in [0, 0.1) is 12.8 Å². The number of alkyl halides is 5. The van der Waals surface area contributed by atoms with Gasteiger partial charge >= 0.3 is 5.51 Å². The van der Waals surface area contributed by atoms with Crippen molar-refractivity contribution >= 4 is 34.4 Å². The first-order chi connectivity index (χ1) is 19.9. The fraction of sp³-hybridized carbons (Fsp3) is 0.500. The maximum absolute atomic E-state index is 13.4. The van der Waals surface area contributed by atoms with Crippen LogP contribution in [0.1, 0.15) is 58.4 Å². The first-order valence-corrected chi connectivity index (χ1v) is 14.9. The summed E-state index contributed by atoms with van der Waals surface area (Å²) < 4.78 is 66.4. The minimum atomic E-state index is -4.37. The molecule has 5 rings (SSSR count). The summed E-state index contributed by atoms with van der Waals surface area (Å²) in [5, 5.41) is 5.60. The maximum Gasteiger partial charge on any atom is 0.446 e. The highest BCUT2D eigenvalue weighted by atomic mass is 32.2. The number of thioether (sulfide) groups is 1. The van der Waals surface area contributed by atoms with Crippen LogP contribution in [-0.2, 0) is 6.54 Å². The van der Waals surface area contributed by atoms with Gasteiger partial charge in [0, 0.05) is 66.6 Å². The van der Waals surface area contributed by atoms with E-state index in [1.165, 1.54) is 24.3 Å². The van der Waals surface area contributed by atoms with E-state index in [1.54, 1.807) is 15.9 Å². The Morgan fingerprint density at radius 3 is 2.40 bits per heavy atom. The molecule has 0 radical (unpaired) electrons. The van der Waals surface area contributed by atoms with Crippen LogP contribution in [0.3, 0.4) is 0 Å². The third-order valence-electron chi connectivity index (χ3n) is 8.12. The summed E-state index contributed by atoms with van der Waals surface area (Å²) in [6, 6.07) is 9.15. The minimum absolute atomic E-state index is 0.00103. The molecule has 0 atom stereocenters. The molecule has 0 bridgehead atoms. The standard InChI is InChI=1S/C30H33F5N4O2S/c1-20-24(27(40)3-2-13-37-16-12-29(31,32)19-37)8-9-26-25(20)18-39(36-26)17-21-10-14-38(15-11-21)28(41)22-4-6-23(7-5-22)42-30(33,34)35/h4-9,18,21H,2-3,10-17,19H2,1H3. The number of halogens is 5. The Hall–Kier alpha value is -2.99. The number of amides is 1. The van der Waals surface area contributed by atoms with E-state index >= 15 is 0 Å². The van der Waals surface area contributed by atoms with E-state index in [-0.39, 0.29) is 41.3 Å². The van der Waals surface area contributed by atoms with Crippen LogP contribution in [0.5, 0.6) is 0 Å². The number of piperidine rings is 1. The molecule has 3 heterocycles. The number of benzene rings is 2. The van der Waals surface area contributed by atoms with Gasteiger partial charge in [0.05, 0.1) is 12.1 Å². The fourth-order valence-electron chi connectivity index (χ4n) is 5.84. The van der Waals surface area contributed by atoms with Crippen molar-refractivity contribution in [3.05, 3.63) is 59.3 Å². The van der Waals surface area contributed by atoms with Gasteiger partial charge in [0.1, 0.15) is 0 Å². The van der Waals surface area contributed by atoms with Crippen molar-refractivity contribution < 1.29 is 31.5 Å². The normalized spacial score (nSPS) is 18.2. The molecular weight excluding hydrogens is 575 g/mol. The van der Waals surface area contributed by atoms with Crippen molar-refractivity contribution in [3.63, 3.8) is 0 Å². The molecule has 1 aromatic heterocycles. The van der Waals surface area contributed by atoms with E-state index in [0.717, 1.165) is 29.3 Å². The quantitative estimate of drug-likeness (QED) is 0.152. The van der Waals surface area contributed by atoms with Crippen molar-refractivity contribution in [2.75, 3.05) is 32.7 Å². The summed E-state index contributed by atoms with van der Waals surface area (Å²) in [7, 11) is 0. The van der Waals surface area contributed by atoms with Crippen LogP contribution in [0.15, 0.2) is 47.5 Å². The summed E-state index contributed by atoms with van der Waals surface area (Å²) in [5.74, 6) is -2.52. The molecule has 2 aromatic carbocycles. The van der Waals surface area contributed by atoms with E-state index in [2.05, 4.69) is 0 Å². The van der Waals surface area contributed by atoms with E-state index in [0.29, 0.717) is 62.6 Å². The first-order valence-electron chi connectivity index (χ1n) is 14.1. The van der Waals surface area contributed by atoms with Gasteiger partial charge in [0.15, 0.2) is 5.78 Å². The predicted molar refractivity (Wildman–Crippen MR) is 151 cm³/mol. The van der Waals surface area contributed by atoms with E-state index in [4.69, 9.17) is 5.10 Å². The highest BCUT2D eigenvalue weighted by Gasteiger charge is 2.37. The first kappa shape index (κ1) is 30.5. The van der Waals surface area contributed by atoms with Gasteiger partial charge in [-0.15, -0.1) is 0 Å². The number of carbonyl (C=O) groups is 2. The Balaban J connectivity index is 1.13. The third-order valence-corrected chi connectivity index (χ3v) is 8.85. The Labute approximate surface area is 245 Å². The second-order valence-corrected chi connectivity index (χ2v) is 12.4. The number of aryl methyl sites for hydroxylation is 1. The van der Waals surface area contributed by atoms with Crippen LogP contribution < -0.4 is 0 Å². The predicted octanol–water partition coefficient (Wildman–Crippen LogP) is 6.81. The fourth-order valence-corrected chi connectivity index (χ4v) is 6.38. The lowest BCUT2D eigenvalue weighted by atomic mass is 9.96. The van der Waals surface area contributed by atoms with Gasteiger partial charge in [-0.05, 0) is 92.4 Å². The van der Waals surface area contributed by atoms with E-state index in [9.17, 15) is 31.5 Å². The zero-order chi connectivity index (χ0) is 30.1. The molecule has 0 spiro atoms. The second-order valence-electron chi connectivity index (χ2n) is 11.2. The molecule has 0 saturated carbocycles. The monoisotopic (exact) mass is 608 g/mol. The Bertz CT molecular complexity index is 1430. The van der Waals surface area contributed by atoms with Gasteiger partial charge in [0.25, 0.3) is 11.8 Å². The molecule has 2 aliphatic heterocycles. The lowest BCUT2D eigenvalue weighted by Gasteiger charge is -2.32. The van der Waals surface area contributed by atoms with Crippen molar-refractivity contribution in [2.24, 2.45) is 5.92 Å². The van der Waals surface area contributed by atoms with E-state index < -0.39 is 11.4 Å². The average Bonchev–Trinajstić information content (AvgIpc) is 3.50. The topological polar surface area (TPSA) is 58.4 Å². The van der Waals surface area contributed by atoms with Crippen molar-refractivity contribution in [2.45, 2.75) is 61.9 Å².